The fourth-order valence-corrected chi connectivity index (χ4v) is 3.66. The largest absolute Gasteiger partial charge is 0.443 e. The van der Waals surface area contributed by atoms with Gasteiger partial charge in [-0.1, -0.05) is 6.92 Å². The van der Waals surface area contributed by atoms with E-state index in [1.165, 1.54) is 25.7 Å². The SMILES string of the molecule is CCN(CC1CNC(=O)O1)C1CC2CCC(C1)N2. The second-order valence-corrected chi connectivity index (χ2v) is 5.76. The van der Waals surface area contributed by atoms with Crippen LogP contribution in [0.2, 0.25) is 0 Å². The first-order valence-electron chi connectivity index (χ1n) is 7.19. The molecule has 3 aliphatic rings. The van der Waals surface area contributed by atoms with Gasteiger partial charge in [-0.05, 0) is 32.2 Å². The van der Waals surface area contributed by atoms with Crippen molar-refractivity contribution >= 4 is 6.09 Å². The van der Waals surface area contributed by atoms with Crippen LogP contribution in [-0.4, -0.2) is 54.9 Å². The van der Waals surface area contributed by atoms with E-state index in [1.54, 1.807) is 0 Å². The normalized spacial score (nSPS) is 38.9. The van der Waals surface area contributed by atoms with E-state index < -0.39 is 0 Å². The zero-order valence-electron chi connectivity index (χ0n) is 11.0. The van der Waals surface area contributed by atoms with Gasteiger partial charge in [0.1, 0.15) is 6.10 Å². The van der Waals surface area contributed by atoms with Gasteiger partial charge in [-0.2, -0.15) is 0 Å². The van der Waals surface area contributed by atoms with Crippen molar-refractivity contribution < 1.29 is 9.53 Å². The van der Waals surface area contributed by atoms with Crippen LogP contribution in [0, 0.1) is 0 Å². The smallest absolute Gasteiger partial charge is 0.407 e. The first-order valence-corrected chi connectivity index (χ1v) is 7.19. The molecule has 3 heterocycles. The minimum absolute atomic E-state index is 0.0324. The standard InChI is InChI=1S/C13H23N3O2/c1-2-16(8-12-7-14-13(17)18-12)11-5-9-3-4-10(6-11)15-9/h9-12,15H,2-8H2,1H3,(H,14,17). The van der Waals surface area contributed by atoms with Crippen molar-refractivity contribution in [3.05, 3.63) is 0 Å². The van der Waals surface area contributed by atoms with Crippen LogP contribution >= 0.6 is 0 Å². The second kappa shape index (κ2) is 5.05. The van der Waals surface area contributed by atoms with Gasteiger partial charge in [0.25, 0.3) is 0 Å². The number of cyclic esters (lactones) is 1. The Balaban J connectivity index is 1.56. The number of rotatable bonds is 4. The van der Waals surface area contributed by atoms with Crippen LogP contribution in [-0.2, 0) is 4.74 Å². The van der Waals surface area contributed by atoms with Gasteiger partial charge in [0.2, 0.25) is 0 Å². The van der Waals surface area contributed by atoms with Crippen molar-refractivity contribution in [1.82, 2.24) is 15.5 Å². The van der Waals surface area contributed by atoms with E-state index in [0.29, 0.717) is 24.7 Å². The Morgan fingerprint density at radius 1 is 1.33 bits per heavy atom. The highest BCUT2D eigenvalue weighted by atomic mass is 16.6. The molecular formula is C13H23N3O2. The summed E-state index contributed by atoms with van der Waals surface area (Å²) in [5, 5.41) is 6.41. The number of fused-ring (bicyclic) bond motifs is 2. The molecule has 0 aromatic heterocycles. The molecule has 0 aliphatic carbocycles. The van der Waals surface area contributed by atoms with E-state index in [1.807, 2.05) is 0 Å². The monoisotopic (exact) mass is 253 g/mol. The molecule has 3 aliphatic heterocycles. The summed E-state index contributed by atoms with van der Waals surface area (Å²) in [5.41, 5.74) is 0. The number of ether oxygens (including phenoxy) is 1. The van der Waals surface area contributed by atoms with Crippen LogP contribution in [0.5, 0.6) is 0 Å². The van der Waals surface area contributed by atoms with Gasteiger partial charge in [-0.25, -0.2) is 4.79 Å². The van der Waals surface area contributed by atoms with Gasteiger partial charge >= 0.3 is 6.09 Å². The van der Waals surface area contributed by atoms with Gasteiger partial charge in [0.15, 0.2) is 0 Å². The summed E-state index contributed by atoms with van der Waals surface area (Å²) < 4.78 is 5.25. The predicted octanol–water partition coefficient (Wildman–Crippen LogP) is 0.700. The third kappa shape index (κ3) is 2.47. The molecule has 0 aromatic carbocycles. The van der Waals surface area contributed by atoms with E-state index in [9.17, 15) is 4.79 Å². The molecule has 102 valence electrons. The van der Waals surface area contributed by atoms with Crippen molar-refractivity contribution in [2.24, 2.45) is 0 Å². The molecular weight excluding hydrogens is 230 g/mol. The maximum absolute atomic E-state index is 11.1. The molecule has 3 saturated heterocycles. The van der Waals surface area contributed by atoms with Crippen molar-refractivity contribution in [3.63, 3.8) is 0 Å². The lowest BCUT2D eigenvalue weighted by Gasteiger charge is -2.38. The summed E-state index contributed by atoms with van der Waals surface area (Å²) in [4.78, 5) is 13.5. The molecule has 0 radical (unpaired) electrons. The zero-order valence-corrected chi connectivity index (χ0v) is 11.0. The molecule has 1 amide bonds. The van der Waals surface area contributed by atoms with Crippen LogP contribution in [0.1, 0.15) is 32.6 Å². The molecule has 0 aromatic rings. The van der Waals surface area contributed by atoms with E-state index >= 15 is 0 Å². The quantitative estimate of drug-likeness (QED) is 0.774. The molecule has 2 N–H and O–H groups in total. The van der Waals surface area contributed by atoms with Crippen LogP contribution in [0.3, 0.4) is 0 Å². The van der Waals surface area contributed by atoms with E-state index in [4.69, 9.17) is 4.74 Å². The summed E-state index contributed by atoms with van der Waals surface area (Å²) in [6.07, 6.45) is 4.93. The average molecular weight is 253 g/mol. The van der Waals surface area contributed by atoms with E-state index in [2.05, 4.69) is 22.5 Å². The number of carbonyl (C=O) groups is 1. The average Bonchev–Trinajstić information content (AvgIpc) is 2.92. The van der Waals surface area contributed by atoms with Gasteiger partial charge in [0.05, 0.1) is 6.54 Å². The van der Waals surface area contributed by atoms with Gasteiger partial charge < -0.3 is 15.4 Å². The van der Waals surface area contributed by atoms with Crippen LogP contribution < -0.4 is 10.6 Å². The van der Waals surface area contributed by atoms with Gasteiger partial charge in [-0.3, -0.25) is 4.90 Å². The number of nitrogens with one attached hydrogen (secondary N) is 2. The fraction of sp³-hybridized carbons (Fsp3) is 0.923. The Morgan fingerprint density at radius 3 is 2.61 bits per heavy atom. The molecule has 18 heavy (non-hydrogen) atoms. The minimum Gasteiger partial charge on any atom is -0.443 e. The molecule has 2 bridgehead atoms. The number of hydrogen-bond donors (Lipinski definition) is 2. The van der Waals surface area contributed by atoms with E-state index in [-0.39, 0.29) is 12.2 Å². The van der Waals surface area contributed by atoms with Crippen LogP contribution in [0.15, 0.2) is 0 Å². The van der Waals surface area contributed by atoms with Crippen molar-refractivity contribution in [1.29, 1.82) is 0 Å². The third-order valence-corrected chi connectivity index (χ3v) is 4.56. The number of carbonyl (C=O) groups excluding carboxylic acids is 1. The molecule has 5 nitrogen and oxygen atoms in total. The lowest BCUT2D eigenvalue weighted by atomic mass is 9.98. The molecule has 0 saturated carbocycles. The van der Waals surface area contributed by atoms with Crippen LogP contribution in [0.4, 0.5) is 4.79 Å². The number of nitrogens with zero attached hydrogens (tertiary/aromatic N) is 1. The number of amides is 1. The first kappa shape index (κ1) is 12.2. The van der Waals surface area contributed by atoms with Crippen molar-refractivity contribution in [3.8, 4) is 0 Å². The lowest BCUT2D eigenvalue weighted by Crippen LogP contribution is -2.50. The lowest BCUT2D eigenvalue weighted by molar-refractivity contribution is 0.0762. The first-order chi connectivity index (χ1) is 8.74. The topological polar surface area (TPSA) is 53.6 Å². The Bertz CT molecular complexity index is 311. The number of piperidine rings is 1. The summed E-state index contributed by atoms with van der Waals surface area (Å²) in [6, 6.07) is 2.09. The Kier molecular flexibility index (Phi) is 3.43. The zero-order chi connectivity index (χ0) is 12.5. The summed E-state index contributed by atoms with van der Waals surface area (Å²) in [7, 11) is 0. The van der Waals surface area contributed by atoms with Crippen molar-refractivity contribution in [2.45, 2.75) is 56.8 Å². The predicted molar refractivity (Wildman–Crippen MR) is 68.5 cm³/mol. The molecule has 0 spiro atoms. The molecule has 3 rings (SSSR count). The molecule has 3 fully saturated rings. The van der Waals surface area contributed by atoms with Crippen molar-refractivity contribution in [2.75, 3.05) is 19.6 Å². The number of hydrogen-bond acceptors (Lipinski definition) is 4. The van der Waals surface area contributed by atoms with E-state index in [0.717, 1.165) is 13.1 Å². The van der Waals surface area contributed by atoms with Crippen LogP contribution in [0.25, 0.3) is 0 Å². The minimum atomic E-state index is -0.263. The molecule has 5 heteroatoms. The molecule has 3 unspecified atom stereocenters. The second-order valence-electron chi connectivity index (χ2n) is 5.76. The highest BCUT2D eigenvalue weighted by Gasteiger charge is 2.37. The fourth-order valence-electron chi connectivity index (χ4n) is 3.66. The Labute approximate surface area is 108 Å². The Morgan fingerprint density at radius 2 is 2.06 bits per heavy atom. The maximum Gasteiger partial charge on any atom is 0.407 e. The molecule has 3 atom stereocenters. The summed E-state index contributed by atoms with van der Waals surface area (Å²) in [5.74, 6) is 0. The van der Waals surface area contributed by atoms with Gasteiger partial charge in [-0.15, -0.1) is 0 Å². The highest BCUT2D eigenvalue weighted by molar-refractivity contribution is 5.69. The third-order valence-electron chi connectivity index (χ3n) is 4.56. The van der Waals surface area contributed by atoms with Gasteiger partial charge in [0, 0.05) is 24.7 Å². The maximum atomic E-state index is 11.1. The number of likely N-dealkylation sites (N-methyl/N-ethyl adjacent to an activating group) is 1. The summed E-state index contributed by atoms with van der Waals surface area (Å²) in [6.45, 7) is 4.78. The number of alkyl carbamates (subject to hydrolysis) is 1. The summed E-state index contributed by atoms with van der Waals surface area (Å²) >= 11 is 0. The highest BCUT2D eigenvalue weighted by Crippen LogP contribution is 2.29. The Hall–Kier alpha value is -0.810.